The number of Topliss-reactive ketones (excluding diaryl/α,β-unsaturated/α-hetero) is 1. The molecule has 1 N–H and O–H groups in total. The number of aliphatic hydroxyl groups excluding tert-OH is 1. The van der Waals surface area contributed by atoms with E-state index >= 15 is 0 Å². The van der Waals surface area contributed by atoms with Gasteiger partial charge in [-0.1, -0.05) is 26.3 Å². The summed E-state index contributed by atoms with van der Waals surface area (Å²) in [5, 5.41) is 11.8. The number of ether oxygens (including phenoxy) is 1. The lowest BCUT2D eigenvalue weighted by Crippen LogP contribution is -2.70. The molecule has 3 fully saturated rings. The topological polar surface area (TPSA) is 93.8 Å². The summed E-state index contributed by atoms with van der Waals surface area (Å²) in [5.41, 5.74) is -3.02. The zero-order valence-corrected chi connectivity index (χ0v) is 21.6. The second-order valence-electron chi connectivity index (χ2n) is 11.1. The summed E-state index contributed by atoms with van der Waals surface area (Å²) < 4.78 is 28.6. The van der Waals surface area contributed by atoms with Gasteiger partial charge in [0, 0.05) is 25.9 Å². The number of furan rings is 1. The monoisotopic (exact) mass is 524 g/mol. The minimum atomic E-state index is -1.61. The van der Waals surface area contributed by atoms with Gasteiger partial charge in [-0.3, -0.25) is 9.59 Å². The molecule has 35 heavy (non-hydrogen) atoms. The molecule has 0 aromatic carbocycles. The largest absolute Gasteiger partial charge is 0.457 e. The number of hydrogen-bond donors (Lipinski definition) is 1. The van der Waals surface area contributed by atoms with Crippen molar-refractivity contribution in [3.63, 3.8) is 0 Å². The molecule has 10 atom stereocenters. The maximum atomic E-state index is 13.6. The molecule has 0 bridgehead atoms. The number of carbonyl (C=O) groups excluding carboxylic acids is 3. The normalized spacial score (nSPS) is 49.7. The molecule has 1 aromatic heterocycles. The van der Waals surface area contributed by atoms with Crippen LogP contribution in [0.2, 0.25) is 0 Å². The summed E-state index contributed by atoms with van der Waals surface area (Å²) in [4.78, 5) is 37.9. The summed E-state index contributed by atoms with van der Waals surface area (Å²) in [6.07, 6.45) is 0.724. The van der Waals surface area contributed by atoms with Crippen molar-refractivity contribution in [2.75, 3.05) is 5.88 Å². The molecule has 2 unspecified atom stereocenters. The van der Waals surface area contributed by atoms with Crippen LogP contribution in [0.5, 0.6) is 0 Å². The van der Waals surface area contributed by atoms with E-state index in [1.165, 1.54) is 18.4 Å². The lowest BCUT2D eigenvalue weighted by molar-refractivity contribution is -0.179. The highest BCUT2D eigenvalue weighted by Gasteiger charge is 2.76. The SMILES string of the molecule is [2H]C1C(=O)C=C2CC[C@H]3[C@@H]4C[C@@H](C)[C@](OC(=O)c5ccco5)(C(=O)CCl)[C@@]4(C)C[C@H](O)[C@]3(Cl)[C@@]2(C)C1[2H]. The highest BCUT2D eigenvalue weighted by molar-refractivity contribution is 6.29. The van der Waals surface area contributed by atoms with Gasteiger partial charge in [-0.2, -0.15) is 0 Å². The Bertz CT molecular complexity index is 1170. The zero-order valence-electron chi connectivity index (χ0n) is 22.1. The summed E-state index contributed by atoms with van der Waals surface area (Å²) >= 11 is 13.6. The molecular formula is C27H32Cl2O6. The van der Waals surface area contributed by atoms with E-state index in [0.717, 1.165) is 0 Å². The molecule has 0 spiro atoms. The van der Waals surface area contributed by atoms with Crippen molar-refractivity contribution < 1.29 is 31.4 Å². The van der Waals surface area contributed by atoms with Gasteiger partial charge in [0.2, 0.25) is 5.76 Å². The third-order valence-electron chi connectivity index (χ3n) is 9.69. The lowest BCUT2D eigenvalue weighted by atomic mass is 9.44. The number of esters is 1. The van der Waals surface area contributed by atoms with Crippen molar-refractivity contribution in [2.45, 2.75) is 75.8 Å². The summed E-state index contributed by atoms with van der Waals surface area (Å²) in [5.74, 6) is -3.04. The first kappa shape index (κ1) is 22.6. The highest BCUT2D eigenvalue weighted by Crippen LogP contribution is 2.72. The van der Waals surface area contributed by atoms with Gasteiger partial charge in [-0.25, -0.2) is 4.79 Å². The quantitative estimate of drug-likeness (QED) is 0.435. The third-order valence-corrected chi connectivity index (χ3v) is 10.9. The first-order chi connectivity index (χ1) is 17.3. The maximum absolute atomic E-state index is 13.6. The van der Waals surface area contributed by atoms with Crippen LogP contribution >= 0.6 is 23.2 Å². The Morgan fingerprint density at radius 1 is 1.34 bits per heavy atom. The maximum Gasteiger partial charge on any atom is 0.375 e. The first-order valence-corrected chi connectivity index (χ1v) is 13.0. The molecule has 0 amide bonds. The molecule has 6 nitrogen and oxygen atoms in total. The molecule has 8 heteroatoms. The molecule has 4 aliphatic rings. The smallest absolute Gasteiger partial charge is 0.375 e. The van der Waals surface area contributed by atoms with Gasteiger partial charge in [-0.15, -0.1) is 23.2 Å². The van der Waals surface area contributed by atoms with Crippen molar-refractivity contribution >= 4 is 40.7 Å². The van der Waals surface area contributed by atoms with Crippen molar-refractivity contribution in [2.24, 2.45) is 28.6 Å². The lowest BCUT2D eigenvalue weighted by Gasteiger charge is -2.65. The Balaban J connectivity index is 1.63. The molecule has 1 heterocycles. The molecule has 190 valence electrons. The second-order valence-corrected chi connectivity index (χ2v) is 12.0. The number of ketones is 2. The molecule has 0 saturated heterocycles. The Kier molecular flexibility index (Phi) is 5.28. The fourth-order valence-corrected chi connectivity index (χ4v) is 8.81. The third kappa shape index (κ3) is 3.09. The number of hydrogen-bond acceptors (Lipinski definition) is 6. The van der Waals surface area contributed by atoms with Gasteiger partial charge in [0.1, 0.15) is 0 Å². The van der Waals surface area contributed by atoms with Crippen molar-refractivity contribution in [3.8, 4) is 0 Å². The minimum Gasteiger partial charge on any atom is -0.457 e. The van der Waals surface area contributed by atoms with Crippen LogP contribution in [0.1, 0.15) is 72.5 Å². The van der Waals surface area contributed by atoms with Gasteiger partial charge in [-0.05, 0) is 62.1 Å². The highest BCUT2D eigenvalue weighted by atomic mass is 35.5. The van der Waals surface area contributed by atoms with E-state index < -0.39 is 63.7 Å². The standard InChI is InChI=1S/C27H32Cl2O6/c1-15-11-19-18-7-6-16-12-17(30)8-9-24(16,2)26(18,29)21(31)13-25(19,3)27(15,22(32)14-28)35-23(33)20-5-4-10-34-20/h4-5,10,12,15,18-19,21,31H,6-9,11,13-14H2,1-3H3/t15-,18+,19+,21+,24+,25+,26+,27+/m1/s1/i8D,9D/t8?,9?,15-,18+,19+,21+,24+,25+,26+,27+. The average Bonchev–Trinajstić information content (AvgIpc) is 3.47. The Hall–Kier alpha value is -1.63. The van der Waals surface area contributed by atoms with Crippen LogP contribution in [0.3, 0.4) is 0 Å². The number of allylic oxidation sites excluding steroid dienone is 1. The minimum absolute atomic E-state index is 0.0300. The number of rotatable bonds is 4. The van der Waals surface area contributed by atoms with E-state index in [1.807, 2.05) is 13.8 Å². The first-order valence-electron chi connectivity index (χ1n) is 13.3. The Labute approximate surface area is 218 Å². The number of fused-ring (bicyclic) bond motifs is 5. The molecule has 3 saturated carbocycles. The zero-order chi connectivity index (χ0) is 27.1. The molecule has 0 radical (unpaired) electrons. The molecule has 4 aliphatic carbocycles. The fraction of sp³-hybridized carbons (Fsp3) is 0.667. The molecular weight excluding hydrogens is 491 g/mol. The number of aliphatic hydroxyl groups is 1. The van der Waals surface area contributed by atoms with Crippen LogP contribution in [-0.2, 0) is 14.3 Å². The molecule has 5 rings (SSSR count). The van der Waals surface area contributed by atoms with Crippen LogP contribution in [0, 0.1) is 28.6 Å². The fourth-order valence-electron chi connectivity index (χ4n) is 8.09. The van der Waals surface area contributed by atoms with E-state index in [4.69, 9.17) is 35.1 Å². The molecule has 0 aliphatic heterocycles. The van der Waals surface area contributed by atoms with Crippen LogP contribution in [0.4, 0.5) is 0 Å². The second kappa shape index (κ2) is 8.19. The van der Waals surface area contributed by atoms with Crippen molar-refractivity contribution in [1.29, 1.82) is 0 Å². The number of halogens is 2. The van der Waals surface area contributed by atoms with Crippen LogP contribution in [-0.4, -0.2) is 45.1 Å². The number of carbonyl (C=O) groups is 3. The van der Waals surface area contributed by atoms with E-state index in [-0.39, 0.29) is 29.9 Å². The predicted octanol–water partition coefficient (Wildman–Crippen LogP) is 5.09. The van der Waals surface area contributed by atoms with Gasteiger partial charge < -0.3 is 14.3 Å². The molecule has 1 aromatic rings. The summed E-state index contributed by atoms with van der Waals surface area (Å²) in [6, 6.07) is 3.02. The Morgan fingerprint density at radius 2 is 2.09 bits per heavy atom. The van der Waals surface area contributed by atoms with Gasteiger partial charge in [0.15, 0.2) is 17.2 Å². The van der Waals surface area contributed by atoms with E-state index in [0.29, 0.717) is 24.8 Å². The summed E-state index contributed by atoms with van der Waals surface area (Å²) in [7, 11) is 0. The van der Waals surface area contributed by atoms with Crippen molar-refractivity contribution in [3.05, 3.63) is 35.8 Å². The van der Waals surface area contributed by atoms with E-state index in [2.05, 4.69) is 0 Å². The van der Waals surface area contributed by atoms with E-state index in [1.54, 1.807) is 13.0 Å². The van der Waals surface area contributed by atoms with Gasteiger partial charge in [0.05, 0.1) is 23.1 Å². The van der Waals surface area contributed by atoms with Crippen LogP contribution in [0.15, 0.2) is 34.5 Å². The van der Waals surface area contributed by atoms with Gasteiger partial charge in [0.25, 0.3) is 0 Å². The average molecular weight is 525 g/mol. The Morgan fingerprint density at radius 3 is 2.74 bits per heavy atom. The van der Waals surface area contributed by atoms with E-state index in [9.17, 15) is 19.5 Å². The van der Waals surface area contributed by atoms with Crippen LogP contribution < -0.4 is 0 Å². The van der Waals surface area contributed by atoms with Gasteiger partial charge >= 0.3 is 5.97 Å². The number of alkyl halides is 2. The predicted molar refractivity (Wildman–Crippen MR) is 130 cm³/mol. The van der Waals surface area contributed by atoms with Crippen LogP contribution in [0.25, 0.3) is 0 Å². The van der Waals surface area contributed by atoms with Crippen molar-refractivity contribution in [1.82, 2.24) is 0 Å². The summed E-state index contributed by atoms with van der Waals surface area (Å²) in [6.45, 7) is 5.51.